The van der Waals surface area contributed by atoms with Crippen LogP contribution < -0.4 is 10.5 Å². The Morgan fingerprint density at radius 3 is 2.89 bits per heavy atom. The number of nitrogen functional groups attached to an aromatic ring is 1. The molecule has 0 aliphatic carbocycles. The van der Waals surface area contributed by atoms with Gasteiger partial charge >= 0.3 is 0 Å². The van der Waals surface area contributed by atoms with Crippen LogP contribution in [0.1, 0.15) is 11.3 Å². The van der Waals surface area contributed by atoms with E-state index in [1.807, 2.05) is 0 Å². The summed E-state index contributed by atoms with van der Waals surface area (Å²) in [5.74, 6) is 0.463. The fraction of sp³-hybridized carbons (Fsp3) is 0.0833. The maximum atomic E-state index is 7.17. The summed E-state index contributed by atoms with van der Waals surface area (Å²) in [7, 11) is 0. The number of anilines is 1. The Bertz CT molecular complexity index is 560. The van der Waals surface area contributed by atoms with Crippen LogP contribution in [0.5, 0.6) is 5.75 Å². The third-order valence-corrected chi connectivity index (χ3v) is 2.58. The molecule has 0 saturated heterocycles. The summed E-state index contributed by atoms with van der Waals surface area (Å²) in [6.07, 6.45) is 5.94. The van der Waals surface area contributed by atoms with Crippen LogP contribution >= 0.6 is 11.6 Å². The van der Waals surface area contributed by atoms with Crippen LogP contribution in [-0.2, 0) is 6.61 Å². The summed E-state index contributed by atoms with van der Waals surface area (Å²) in [5.41, 5.74) is 7.46. The Morgan fingerprint density at radius 2 is 2.22 bits per heavy atom. The quantitative estimate of drug-likeness (QED) is 0.654. The molecule has 92 valence electrons. The van der Waals surface area contributed by atoms with Gasteiger partial charge in [0.15, 0.2) is 0 Å². The third kappa shape index (κ3) is 2.75. The molecule has 0 atom stereocenters. The fourth-order valence-corrected chi connectivity index (χ4v) is 1.60. The molecule has 1 aromatic carbocycles. The molecule has 2 aromatic rings. The lowest BCUT2D eigenvalue weighted by Crippen LogP contribution is -2.01. The number of rotatable bonds is 4. The first-order valence-electron chi connectivity index (χ1n) is 5.18. The van der Waals surface area contributed by atoms with Crippen LogP contribution in [0.3, 0.4) is 0 Å². The first-order chi connectivity index (χ1) is 8.70. The predicted molar refractivity (Wildman–Crippen MR) is 70.1 cm³/mol. The van der Waals surface area contributed by atoms with Crippen molar-refractivity contribution in [2.45, 2.75) is 6.61 Å². The first-order valence-corrected chi connectivity index (χ1v) is 5.55. The highest BCUT2D eigenvalue weighted by Gasteiger charge is 2.07. The second-order valence-electron chi connectivity index (χ2n) is 3.54. The monoisotopic (exact) mass is 262 g/mol. The normalized spacial score (nSPS) is 10.1. The van der Waals surface area contributed by atoms with Gasteiger partial charge in [0.25, 0.3) is 0 Å². The highest BCUT2D eigenvalue weighted by atomic mass is 35.5. The molecule has 3 N–H and O–H groups in total. The van der Waals surface area contributed by atoms with Gasteiger partial charge in [-0.25, -0.2) is 0 Å². The zero-order chi connectivity index (χ0) is 13.0. The molecule has 0 aliphatic rings. The smallest absolute Gasteiger partial charge is 0.140 e. The molecule has 1 aromatic heterocycles. The van der Waals surface area contributed by atoms with Crippen molar-refractivity contribution in [3.8, 4) is 5.75 Å². The van der Waals surface area contributed by atoms with Crippen LogP contribution in [0.15, 0.2) is 30.7 Å². The van der Waals surface area contributed by atoms with Gasteiger partial charge in [-0.3, -0.25) is 9.97 Å². The van der Waals surface area contributed by atoms with E-state index in [1.54, 1.807) is 30.7 Å². The van der Waals surface area contributed by atoms with E-state index in [9.17, 15) is 0 Å². The first kappa shape index (κ1) is 12.3. The number of ether oxygens (including phenoxy) is 1. The van der Waals surface area contributed by atoms with Crippen molar-refractivity contribution in [3.05, 3.63) is 47.0 Å². The summed E-state index contributed by atoms with van der Waals surface area (Å²) < 4.78 is 5.51. The minimum Gasteiger partial charge on any atom is -0.486 e. The van der Waals surface area contributed by atoms with Gasteiger partial charge in [0, 0.05) is 35.9 Å². The van der Waals surface area contributed by atoms with Gasteiger partial charge in [-0.15, -0.1) is 0 Å². The largest absolute Gasteiger partial charge is 0.486 e. The highest BCUT2D eigenvalue weighted by Crippen LogP contribution is 2.29. The van der Waals surface area contributed by atoms with Gasteiger partial charge in [0.1, 0.15) is 12.4 Å². The van der Waals surface area contributed by atoms with E-state index >= 15 is 0 Å². The molecule has 0 bridgehead atoms. The average molecular weight is 263 g/mol. The van der Waals surface area contributed by atoms with E-state index in [-0.39, 0.29) is 6.61 Å². The number of hydrogen-bond acceptors (Lipinski definition) is 5. The van der Waals surface area contributed by atoms with Crippen molar-refractivity contribution >= 4 is 23.5 Å². The highest BCUT2D eigenvalue weighted by molar-refractivity contribution is 6.32. The van der Waals surface area contributed by atoms with Crippen molar-refractivity contribution in [1.82, 2.24) is 9.97 Å². The van der Waals surface area contributed by atoms with Crippen molar-refractivity contribution in [1.29, 1.82) is 5.41 Å². The predicted octanol–water partition coefficient (Wildman–Crippen LogP) is 2.29. The molecular weight excluding hydrogens is 252 g/mol. The van der Waals surface area contributed by atoms with Crippen LogP contribution in [0.2, 0.25) is 5.02 Å². The minimum atomic E-state index is 0.261. The van der Waals surface area contributed by atoms with Gasteiger partial charge < -0.3 is 15.9 Å². The fourth-order valence-electron chi connectivity index (χ4n) is 1.38. The lowest BCUT2D eigenvalue weighted by Gasteiger charge is -2.09. The average Bonchev–Trinajstić information content (AvgIpc) is 2.40. The lowest BCUT2D eigenvalue weighted by molar-refractivity contribution is 0.301. The molecule has 0 radical (unpaired) electrons. The number of nitrogens with two attached hydrogens (primary N) is 1. The Labute approximate surface area is 109 Å². The van der Waals surface area contributed by atoms with Gasteiger partial charge in [-0.1, -0.05) is 11.6 Å². The van der Waals surface area contributed by atoms with Crippen molar-refractivity contribution in [3.63, 3.8) is 0 Å². The van der Waals surface area contributed by atoms with E-state index in [0.29, 0.717) is 27.7 Å². The topological polar surface area (TPSA) is 84.9 Å². The van der Waals surface area contributed by atoms with Gasteiger partial charge in [-0.2, -0.15) is 0 Å². The van der Waals surface area contributed by atoms with Crippen molar-refractivity contribution < 1.29 is 4.74 Å². The maximum Gasteiger partial charge on any atom is 0.140 e. The van der Waals surface area contributed by atoms with E-state index in [4.69, 9.17) is 27.5 Å². The molecule has 0 aliphatic heterocycles. The van der Waals surface area contributed by atoms with Crippen LogP contribution in [0.4, 0.5) is 5.69 Å². The second kappa shape index (κ2) is 5.46. The summed E-state index contributed by atoms with van der Waals surface area (Å²) >= 11 is 6.03. The second-order valence-corrected chi connectivity index (χ2v) is 3.95. The third-order valence-electron chi connectivity index (χ3n) is 2.29. The van der Waals surface area contributed by atoms with E-state index in [1.165, 1.54) is 0 Å². The van der Waals surface area contributed by atoms with E-state index in [2.05, 4.69) is 9.97 Å². The number of hydrogen-bond donors (Lipinski definition) is 2. The SMILES string of the molecule is N=Cc1cc(Cl)c(OCc2cnccn2)cc1N. The summed E-state index contributed by atoms with van der Waals surface area (Å²) in [4.78, 5) is 8.02. The Kier molecular flexibility index (Phi) is 3.74. The number of aromatic nitrogens is 2. The van der Waals surface area contributed by atoms with Crippen LogP contribution in [-0.4, -0.2) is 16.2 Å². The zero-order valence-corrected chi connectivity index (χ0v) is 10.2. The maximum absolute atomic E-state index is 7.17. The standard InChI is InChI=1S/C12H11ClN4O/c13-10-3-8(5-14)11(15)4-12(10)18-7-9-6-16-1-2-17-9/h1-6,14H,7,15H2. The molecule has 0 amide bonds. The summed E-state index contributed by atoms with van der Waals surface area (Å²) in [6, 6.07) is 3.19. The van der Waals surface area contributed by atoms with E-state index in [0.717, 1.165) is 6.21 Å². The van der Waals surface area contributed by atoms with Gasteiger partial charge in [0.2, 0.25) is 0 Å². The van der Waals surface area contributed by atoms with Crippen molar-refractivity contribution in [2.24, 2.45) is 0 Å². The molecule has 18 heavy (non-hydrogen) atoms. The number of nitrogens with zero attached hydrogens (tertiary/aromatic N) is 2. The summed E-state index contributed by atoms with van der Waals surface area (Å²) in [5, 5.41) is 7.57. The van der Waals surface area contributed by atoms with Crippen molar-refractivity contribution in [2.75, 3.05) is 5.73 Å². The molecule has 6 heteroatoms. The molecule has 0 unspecified atom stereocenters. The summed E-state index contributed by atoms with van der Waals surface area (Å²) in [6.45, 7) is 0.261. The lowest BCUT2D eigenvalue weighted by atomic mass is 10.2. The number of halogens is 1. The van der Waals surface area contributed by atoms with Gasteiger partial charge in [-0.05, 0) is 6.07 Å². The molecule has 2 rings (SSSR count). The van der Waals surface area contributed by atoms with E-state index < -0.39 is 0 Å². The Morgan fingerprint density at radius 1 is 1.39 bits per heavy atom. The van der Waals surface area contributed by atoms with Crippen LogP contribution in [0, 0.1) is 5.41 Å². The number of benzene rings is 1. The zero-order valence-electron chi connectivity index (χ0n) is 9.43. The number of nitrogens with one attached hydrogen (secondary N) is 1. The molecule has 0 fully saturated rings. The minimum absolute atomic E-state index is 0.261. The molecule has 0 saturated carbocycles. The Hall–Kier alpha value is -2.14. The molecule has 1 heterocycles. The molecular formula is C12H11ClN4O. The molecule has 5 nitrogen and oxygen atoms in total. The Balaban J connectivity index is 2.15. The van der Waals surface area contributed by atoms with Gasteiger partial charge in [0.05, 0.1) is 16.9 Å². The van der Waals surface area contributed by atoms with Crippen LogP contribution in [0.25, 0.3) is 0 Å². The molecule has 0 spiro atoms.